The molecule has 1 aliphatic rings. The van der Waals surface area contributed by atoms with E-state index in [0.29, 0.717) is 5.82 Å². The maximum absolute atomic E-state index is 11.0. The topological polar surface area (TPSA) is 67.1 Å². The highest BCUT2D eigenvalue weighted by atomic mass is 32.1. The van der Waals surface area contributed by atoms with E-state index in [1.54, 1.807) is 34.4 Å². The van der Waals surface area contributed by atoms with Crippen LogP contribution >= 0.6 is 11.3 Å². The number of anilines is 1. The summed E-state index contributed by atoms with van der Waals surface area (Å²) in [5, 5.41) is 20.1. The van der Waals surface area contributed by atoms with Gasteiger partial charge in [0, 0.05) is 6.07 Å². The third kappa shape index (κ3) is 1.62. The van der Waals surface area contributed by atoms with Crippen molar-refractivity contribution in [3.05, 3.63) is 46.4 Å². The van der Waals surface area contributed by atoms with E-state index in [1.165, 1.54) is 0 Å². The van der Waals surface area contributed by atoms with Crippen molar-refractivity contribution in [3.8, 4) is 0 Å². The molecule has 2 aromatic heterocycles. The minimum atomic E-state index is -0.960. The molecule has 0 bridgehead atoms. The van der Waals surface area contributed by atoms with Crippen LogP contribution in [0.5, 0.6) is 0 Å². The summed E-state index contributed by atoms with van der Waals surface area (Å²) in [5.41, 5.74) is 1.23. The Kier molecular flexibility index (Phi) is 2.22. The van der Waals surface area contributed by atoms with Gasteiger partial charge in [-0.1, -0.05) is 0 Å². The molecule has 17 heavy (non-hydrogen) atoms. The number of aromatic nitrogens is 2. The lowest BCUT2D eigenvalue weighted by molar-refractivity contribution is -0.132. The fourth-order valence-electron chi connectivity index (χ4n) is 1.85. The van der Waals surface area contributed by atoms with Crippen molar-refractivity contribution in [2.24, 2.45) is 0 Å². The van der Waals surface area contributed by atoms with Crippen molar-refractivity contribution in [1.29, 1.82) is 0 Å². The van der Waals surface area contributed by atoms with E-state index < -0.39 is 5.97 Å². The molecule has 0 spiro atoms. The van der Waals surface area contributed by atoms with Gasteiger partial charge in [0.15, 0.2) is 0 Å². The number of aliphatic carboxylic acids is 1. The third-order valence-corrected chi connectivity index (χ3v) is 3.34. The van der Waals surface area contributed by atoms with E-state index in [9.17, 15) is 4.79 Å². The number of allylic oxidation sites excluding steroid dienone is 1. The first-order valence-corrected chi connectivity index (χ1v) is 5.98. The van der Waals surface area contributed by atoms with Crippen LogP contribution in [0, 0.1) is 0 Å². The van der Waals surface area contributed by atoms with Gasteiger partial charge in [-0.15, -0.1) is 0 Å². The van der Waals surface area contributed by atoms with Gasteiger partial charge < -0.3 is 10.4 Å². The van der Waals surface area contributed by atoms with Crippen LogP contribution in [-0.2, 0) is 4.79 Å². The monoisotopic (exact) mass is 247 g/mol. The van der Waals surface area contributed by atoms with Crippen LogP contribution in [0.15, 0.2) is 40.9 Å². The number of fused-ring (bicyclic) bond motifs is 1. The van der Waals surface area contributed by atoms with E-state index >= 15 is 0 Å². The Morgan fingerprint density at radius 3 is 3.12 bits per heavy atom. The number of nitrogens with one attached hydrogen (secondary N) is 1. The van der Waals surface area contributed by atoms with Gasteiger partial charge in [-0.2, -0.15) is 16.4 Å². The Hall–Kier alpha value is -2.08. The minimum Gasteiger partial charge on any atom is -0.477 e. The molecule has 0 amide bonds. The zero-order chi connectivity index (χ0) is 11.8. The molecule has 5 nitrogen and oxygen atoms in total. The van der Waals surface area contributed by atoms with E-state index in [4.69, 9.17) is 5.11 Å². The average Bonchev–Trinajstić information content (AvgIpc) is 2.98. The van der Waals surface area contributed by atoms with E-state index in [1.807, 2.05) is 16.8 Å². The number of carbonyl (C=O) groups is 1. The van der Waals surface area contributed by atoms with Crippen LogP contribution in [0.3, 0.4) is 0 Å². The van der Waals surface area contributed by atoms with E-state index in [0.717, 1.165) is 5.56 Å². The smallest absolute Gasteiger partial charge is 0.352 e. The third-order valence-electron chi connectivity index (χ3n) is 2.64. The average molecular weight is 247 g/mol. The molecule has 0 aromatic carbocycles. The number of hydrogen-bond donors (Lipinski definition) is 2. The van der Waals surface area contributed by atoms with Gasteiger partial charge in [-0.3, -0.25) is 0 Å². The number of nitrogens with zero attached hydrogens (tertiary/aromatic N) is 2. The molecule has 3 heterocycles. The highest BCUT2D eigenvalue weighted by molar-refractivity contribution is 7.08. The Bertz CT molecular complexity index is 586. The molecule has 0 aliphatic carbocycles. The number of hydrogen-bond acceptors (Lipinski definition) is 4. The SMILES string of the molecule is O=C(O)C1=CC(c2ccsc2)n2nccc2N1. The van der Waals surface area contributed by atoms with Crippen LogP contribution in [0.4, 0.5) is 5.82 Å². The summed E-state index contributed by atoms with van der Waals surface area (Å²) >= 11 is 1.58. The first-order valence-electron chi connectivity index (χ1n) is 5.03. The first-order chi connectivity index (χ1) is 8.25. The summed E-state index contributed by atoms with van der Waals surface area (Å²) in [6.07, 6.45) is 3.32. The Morgan fingerprint density at radius 1 is 1.53 bits per heavy atom. The Morgan fingerprint density at radius 2 is 2.41 bits per heavy atom. The fraction of sp³-hybridized carbons (Fsp3) is 0.0909. The second-order valence-electron chi connectivity index (χ2n) is 3.67. The lowest BCUT2D eigenvalue weighted by atomic mass is 10.1. The molecule has 1 unspecified atom stereocenters. The number of thiophene rings is 1. The van der Waals surface area contributed by atoms with Crippen LogP contribution in [0.1, 0.15) is 11.6 Å². The van der Waals surface area contributed by atoms with Gasteiger partial charge in [0.25, 0.3) is 0 Å². The Balaban J connectivity index is 2.10. The van der Waals surface area contributed by atoms with Gasteiger partial charge in [0.1, 0.15) is 17.6 Å². The van der Waals surface area contributed by atoms with Crippen molar-refractivity contribution in [2.75, 3.05) is 5.32 Å². The highest BCUT2D eigenvalue weighted by Gasteiger charge is 2.24. The zero-order valence-electron chi connectivity index (χ0n) is 8.70. The summed E-state index contributed by atoms with van der Waals surface area (Å²) in [6.45, 7) is 0. The summed E-state index contributed by atoms with van der Waals surface area (Å²) in [7, 11) is 0. The van der Waals surface area contributed by atoms with Crippen molar-refractivity contribution >= 4 is 23.1 Å². The number of rotatable bonds is 2. The molecule has 0 saturated carbocycles. The first kappa shape index (κ1) is 10.1. The van der Waals surface area contributed by atoms with Crippen molar-refractivity contribution in [3.63, 3.8) is 0 Å². The van der Waals surface area contributed by atoms with Crippen molar-refractivity contribution < 1.29 is 9.90 Å². The molecular formula is C11H9N3O2S. The summed E-state index contributed by atoms with van der Waals surface area (Å²) in [6, 6.07) is 3.58. The molecule has 0 saturated heterocycles. The van der Waals surface area contributed by atoms with Gasteiger partial charge in [-0.05, 0) is 28.5 Å². The maximum atomic E-state index is 11.0. The molecule has 0 radical (unpaired) electrons. The van der Waals surface area contributed by atoms with Crippen LogP contribution in [0.25, 0.3) is 0 Å². The van der Waals surface area contributed by atoms with Gasteiger partial charge >= 0.3 is 5.97 Å². The number of carboxylic acids is 1. The molecule has 0 fully saturated rings. The summed E-state index contributed by atoms with van der Waals surface area (Å²) in [5.74, 6) is -0.265. The predicted molar refractivity (Wildman–Crippen MR) is 64.0 cm³/mol. The van der Waals surface area contributed by atoms with Gasteiger partial charge in [0.2, 0.25) is 0 Å². The lowest BCUT2D eigenvalue weighted by Crippen LogP contribution is -2.23. The van der Waals surface area contributed by atoms with Crippen LogP contribution in [-0.4, -0.2) is 20.9 Å². The molecule has 6 heteroatoms. The standard InChI is InChI=1S/C11H9N3O2S/c15-11(16)8-5-9(7-2-4-17-6-7)14-10(13-8)1-3-12-14/h1-6,9,13H,(H,15,16). The quantitative estimate of drug-likeness (QED) is 0.851. The minimum absolute atomic E-state index is 0.154. The Labute approximate surface area is 101 Å². The molecule has 1 aliphatic heterocycles. The predicted octanol–water partition coefficient (Wildman–Crippen LogP) is 1.93. The van der Waals surface area contributed by atoms with E-state index in [-0.39, 0.29) is 11.7 Å². The largest absolute Gasteiger partial charge is 0.477 e. The molecular weight excluding hydrogens is 238 g/mol. The highest BCUT2D eigenvalue weighted by Crippen LogP contribution is 2.30. The molecule has 1 atom stereocenters. The van der Waals surface area contributed by atoms with Crippen molar-refractivity contribution in [2.45, 2.75) is 6.04 Å². The fourth-order valence-corrected chi connectivity index (χ4v) is 2.54. The molecule has 86 valence electrons. The number of carboxylic acid groups (broad SMARTS) is 1. The second kappa shape index (κ2) is 3.74. The van der Waals surface area contributed by atoms with E-state index in [2.05, 4.69) is 10.4 Å². The van der Waals surface area contributed by atoms with Crippen LogP contribution < -0.4 is 5.32 Å². The molecule has 2 aromatic rings. The molecule has 2 N–H and O–H groups in total. The molecule has 3 rings (SSSR count). The zero-order valence-corrected chi connectivity index (χ0v) is 9.52. The maximum Gasteiger partial charge on any atom is 0.352 e. The normalized spacial score (nSPS) is 18.1. The summed E-state index contributed by atoms with van der Waals surface area (Å²) in [4.78, 5) is 11.0. The van der Waals surface area contributed by atoms with Crippen LogP contribution in [0.2, 0.25) is 0 Å². The second-order valence-corrected chi connectivity index (χ2v) is 4.45. The van der Waals surface area contributed by atoms with Gasteiger partial charge in [-0.25, -0.2) is 9.48 Å². The summed E-state index contributed by atoms with van der Waals surface area (Å²) < 4.78 is 1.77. The van der Waals surface area contributed by atoms with Gasteiger partial charge in [0.05, 0.1) is 6.20 Å². The van der Waals surface area contributed by atoms with Crippen molar-refractivity contribution in [1.82, 2.24) is 9.78 Å². The lowest BCUT2D eigenvalue weighted by Gasteiger charge is -2.22.